The minimum atomic E-state index is -0.449. The topological polar surface area (TPSA) is 63.5 Å². The van der Waals surface area contributed by atoms with Crippen LogP contribution in [0, 0.1) is 10.1 Å². The molecule has 2 rings (SSSR count). The number of nitro benzene ring substituents is 1. The zero-order chi connectivity index (χ0) is 11.2. The van der Waals surface area contributed by atoms with Crippen LogP contribution in [0.15, 0.2) is 18.2 Å². The summed E-state index contributed by atoms with van der Waals surface area (Å²) in [6, 6.07) is 4.51. The van der Waals surface area contributed by atoms with Crippen molar-refractivity contribution in [1.82, 2.24) is 0 Å². The third kappa shape index (κ3) is 1.27. The lowest BCUT2D eigenvalue weighted by Crippen LogP contribution is -2.22. The van der Waals surface area contributed by atoms with Gasteiger partial charge in [0.2, 0.25) is 5.91 Å². The predicted molar refractivity (Wildman–Crippen MR) is 54.9 cm³/mol. The molecule has 1 atom stereocenters. The maximum atomic E-state index is 11.6. The molecule has 0 radical (unpaired) electrons. The summed E-state index contributed by atoms with van der Waals surface area (Å²) in [6.07, 6.45) is 0. The SMILES string of the molecule is CC1C(=O)N(C)c2ccc([N+](=O)[O-])cc21. The van der Waals surface area contributed by atoms with E-state index in [-0.39, 0.29) is 17.5 Å². The lowest BCUT2D eigenvalue weighted by atomic mass is 10.0. The van der Waals surface area contributed by atoms with Crippen LogP contribution in [-0.4, -0.2) is 17.9 Å². The fourth-order valence-corrected chi connectivity index (χ4v) is 1.85. The Kier molecular flexibility index (Phi) is 1.96. The van der Waals surface area contributed by atoms with Crippen molar-refractivity contribution in [2.45, 2.75) is 12.8 Å². The van der Waals surface area contributed by atoms with Gasteiger partial charge in [0.1, 0.15) is 0 Å². The van der Waals surface area contributed by atoms with Gasteiger partial charge in [-0.05, 0) is 18.6 Å². The van der Waals surface area contributed by atoms with Crippen molar-refractivity contribution in [1.29, 1.82) is 0 Å². The minimum absolute atomic E-state index is 0.0227. The first-order valence-corrected chi connectivity index (χ1v) is 4.58. The summed E-state index contributed by atoms with van der Waals surface area (Å²) in [5.41, 5.74) is 1.53. The molecule has 0 spiro atoms. The van der Waals surface area contributed by atoms with Crippen LogP contribution in [0.3, 0.4) is 0 Å². The Hall–Kier alpha value is -1.91. The monoisotopic (exact) mass is 206 g/mol. The number of carbonyl (C=O) groups excluding carboxylic acids is 1. The number of hydrogen-bond acceptors (Lipinski definition) is 3. The lowest BCUT2D eigenvalue weighted by Gasteiger charge is -2.08. The van der Waals surface area contributed by atoms with Gasteiger partial charge in [0.25, 0.3) is 5.69 Å². The third-order valence-corrected chi connectivity index (χ3v) is 2.75. The molecule has 78 valence electrons. The Morgan fingerprint density at radius 3 is 2.73 bits per heavy atom. The molecule has 1 aromatic carbocycles. The summed E-state index contributed by atoms with van der Waals surface area (Å²) in [6.45, 7) is 1.76. The van der Waals surface area contributed by atoms with Gasteiger partial charge < -0.3 is 4.90 Å². The average molecular weight is 206 g/mol. The minimum Gasteiger partial charge on any atom is -0.315 e. The average Bonchev–Trinajstić information content (AvgIpc) is 2.44. The molecular weight excluding hydrogens is 196 g/mol. The number of fused-ring (bicyclic) bond motifs is 1. The standard InChI is InChI=1S/C10H10N2O3/c1-6-8-5-7(12(14)15)3-4-9(8)11(2)10(6)13/h3-6H,1-2H3. The summed E-state index contributed by atoms with van der Waals surface area (Å²) in [7, 11) is 1.68. The van der Waals surface area contributed by atoms with Gasteiger partial charge in [0.15, 0.2) is 0 Å². The van der Waals surface area contributed by atoms with Gasteiger partial charge in [0.05, 0.1) is 10.8 Å². The number of hydrogen-bond donors (Lipinski definition) is 0. The quantitative estimate of drug-likeness (QED) is 0.518. The first-order chi connectivity index (χ1) is 7.02. The molecule has 1 heterocycles. The molecule has 1 aliphatic rings. The van der Waals surface area contributed by atoms with Crippen molar-refractivity contribution in [2.24, 2.45) is 0 Å². The van der Waals surface area contributed by atoms with Gasteiger partial charge in [-0.3, -0.25) is 14.9 Å². The molecule has 1 unspecified atom stereocenters. The molecule has 0 fully saturated rings. The zero-order valence-electron chi connectivity index (χ0n) is 8.43. The number of benzene rings is 1. The van der Waals surface area contributed by atoms with Crippen LogP contribution in [0.25, 0.3) is 0 Å². The van der Waals surface area contributed by atoms with E-state index in [1.165, 1.54) is 17.0 Å². The third-order valence-electron chi connectivity index (χ3n) is 2.75. The van der Waals surface area contributed by atoms with Crippen LogP contribution in [0.4, 0.5) is 11.4 Å². The van der Waals surface area contributed by atoms with E-state index in [4.69, 9.17) is 0 Å². The van der Waals surface area contributed by atoms with E-state index >= 15 is 0 Å². The second kappa shape index (κ2) is 3.05. The van der Waals surface area contributed by atoms with Crippen LogP contribution < -0.4 is 4.90 Å². The van der Waals surface area contributed by atoms with Gasteiger partial charge in [-0.25, -0.2) is 0 Å². The van der Waals surface area contributed by atoms with Gasteiger partial charge in [0, 0.05) is 24.9 Å². The summed E-state index contributed by atoms with van der Waals surface area (Å²) < 4.78 is 0. The normalized spacial score (nSPS) is 19.2. The number of nitrogens with zero attached hydrogens (tertiary/aromatic N) is 2. The molecule has 1 aliphatic heterocycles. The van der Waals surface area contributed by atoms with Crippen LogP contribution in [0.5, 0.6) is 0 Å². The number of carbonyl (C=O) groups is 1. The Balaban J connectivity index is 2.56. The number of likely N-dealkylation sites (N-methyl/N-ethyl adjacent to an activating group) is 1. The van der Waals surface area contributed by atoms with E-state index in [0.717, 1.165) is 11.3 Å². The number of rotatable bonds is 1. The molecule has 0 saturated heterocycles. The van der Waals surface area contributed by atoms with Gasteiger partial charge in [-0.1, -0.05) is 0 Å². The van der Waals surface area contributed by atoms with Crippen molar-refractivity contribution in [3.05, 3.63) is 33.9 Å². The Morgan fingerprint density at radius 1 is 1.47 bits per heavy atom. The molecular formula is C10H10N2O3. The number of non-ortho nitro benzene ring substituents is 1. The highest BCUT2D eigenvalue weighted by atomic mass is 16.6. The fourth-order valence-electron chi connectivity index (χ4n) is 1.85. The Morgan fingerprint density at radius 2 is 2.13 bits per heavy atom. The highest BCUT2D eigenvalue weighted by Gasteiger charge is 2.32. The largest absolute Gasteiger partial charge is 0.315 e. The summed E-state index contributed by atoms with van der Waals surface area (Å²) in [4.78, 5) is 23.3. The summed E-state index contributed by atoms with van der Waals surface area (Å²) in [5, 5.41) is 10.6. The first-order valence-electron chi connectivity index (χ1n) is 4.58. The van der Waals surface area contributed by atoms with Crippen LogP contribution in [0.1, 0.15) is 18.4 Å². The maximum Gasteiger partial charge on any atom is 0.269 e. The molecule has 5 heteroatoms. The number of nitro groups is 1. The summed E-state index contributed by atoms with van der Waals surface area (Å²) in [5.74, 6) is -0.310. The second-order valence-electron chi connectivity index (χ2n) is 3.62. The van der Waals surface area contributed by atoms with Crippen LogP contribution in [0.2, 0.25) is 0 Å². The van der Waals surface area contributed by atoms with Crippen LogP contribution >= 0.6 is 0 Å². The van der Waals surface area contributed by atoms with Gasteiger partial charge >= 0.3 is 0 Å². The molecule has 0 aromatic heterocycles. The van der Waals surface area contributed by atoms with Crippen LogP contribution in [-0.2, 0) is 4.79 Å². The van der Waals surface area contributed by atoms with E-state index in [2.05, 4.69) is 0 Å². The highest BCUT2D eigenvalue weighted by Crippen LogP contribution is 2.37. The first kappa shape index (κ1) is 9.64. The molecule has 0 saturated carbocycles. The predicted octanol–water partition coefficient (Wildman–Crippen LogP) is 1.67. The van der Waals surface area contributed by atoms with E-state index < -0.39 is 4.92 Å². The Labute approximate surface area is 86.5 Å². The zero-order valence-corrected chi connectivity index (χ0v) is 8.43. The van der Waals surface area contributed by atoms with Crippen molar-refractivity contribution >= 4 is 17.3 Å². The van der Waals surface area contributed by atoms with E-state index in [0.29, 0.717) is 0 Å². The van der Waals surface area contributed by atoms with Crippen molar-refractivity contribution in [2.75, 3.05) is 11.9 Å². The number of anilines is 1. The van der Waals surface area contributed by atoms with Crippen molar-refractivity contribution < 1.29 is 9.72 Å². The molecule has 0 bridgehead atoms. The Bertz CT molecular complexity index is 456. The molecule has 1 aromatic rings. The van der Waals surface area contributed by atoms with Gasteiger partial charge in [-0.2, -0.15) is 0 Å². The van der Waals surface area contributed by atoms with E-state index in [9.17, 15) is 14.9 Å². The van der Waals surface area contributed by atoms with Crippen molar-refractivity contribution in [3.63, 3.8) is 0 Å². The molecule has 1 amide bonds. The lowest BCUT2D eigenvalue weighted by molar-refractivity contribution is -0.384. The van der Waals surface area contributed by atoms with Gasteiger partial charge in [-0.15, -0.1) is 0 Å². The number of amides is 1. The molecule has 15 heavy (non-hydrogen) atoms. The maximum absolute atomic E-state index is 11.6. The fraction of sp³-hybridized carbons (Fsp3) is 0.300. The van der Waals surface area contributed by atoms with Crippen molar-refractivity contribution in [3.8, 4) is 0 Å². The molecule has 0 N–H and O–H groups in total. The van der Waals surface area contributed by atoms with E-state index in [1.54, 1.807) is 20.0 Å². The molecule has 5 nitrogen and oxygen atoms in total. The smallest absolute Gasteiger partial charge is 0.269 e. The molecule has 0 aliphatic carbocycles. The highest BCUT2D eigenvalue weighted by molar-refractivity contribution is 6.04. The summed E-state index contributed by atoms with van der Waals surface area (Å²) >= 11 is 0. The second-order valence-corrected chi connectivity index (χ2v) is 3.62. The van der Waals surface area contributed by atoms with E-state index in [1.807, 2.05) is 0 Å².